The number of para-hydroxylation sites is 1. The first-order valence-electron chi connectivity index (χ1n) is 7.48. The number of nitro groups is 1. The Balaban J connectivity index is 1.54. The molecule has 0 bridgehead atoms. The summed E-state index contributed by atoms with van der Waals surface area (Å²) in [5.74, 6) is -0.721. The third kappa shape index (κ3) is 4.16. The number of nitrogens with zero attached hydrogens (tertiary/aromatic N) is 1. The van der Waals surface area contributed by atoms with Crippen LogP contribution in [0.1, 0.15) is 12.0 Å². The molecule has 2 aromatic carbocycles. The molecule has 1 atom stereocenters. The summed E-state index contributed by atoms with van der Waals surface area (Å²) in [6, 6.07) is 13.2. The van der Waals surface area contributed by atoms with Gasteiger partial charge in [-0.2, -0.15) is 0 Å². The topological polar surface area (TPSA) is 98.5 Å². The SMILES string of the molecule is O=C(CC1Sc2ccccc2NC1=O)OCc1ccc([N+](=O)[O-])cc1. The molecule has 0 saturated heterocycles. The largest absolute Gasteiger partial charge is 0.461 e. The number of carbonyl (C=O) groups is 2. The lowest BCUT2D eigenvalue weighted by Crippen LogP contribution is -2.31. The van der Waals surface area contributed by atoms with Crippen molar-refractivity contribution in [3.05, 3.63) is 64.2 Å². The van der Waals surface area contributed by atoms with Crippen molar-refractivity contribution in [2.75, 3.05) is 5.32 Å². The molecule has 1 amide bonds. The molecule has 1 unspecified atom stereocenters. The molecule has 3 rings (SSSR count). The number of esters is 1. The van der Waals surface area contributed by atoms with Gasteiger partial charge in [0.05, 0.1) is 22.3 Å². The Morgan fingerprint density at radius 2 is 1.92 bits per heavy atom. The molecule has 0 aliphatic carbocycles. The zero-order valence-corrected chi connectivity index (χ0v) is 13.8. The Kier molecular flexibility index (Phi) is 4.99. The maximum atomic E-state index is 12.1. The smallest absolute Gasteiger partial charge is 0.307 e. The summed E-state index contributed by atoms with van der Waals surface area (Å²) in [7, 11) is 0. The van der Waals surface area contributed by atoms with Gasteiger partial charge in [0.1, 0.15) is 6.61 Å². The number of rotatable bonds is 5. The first-order chi connectivity index (χ1) is 12.0. The molecule has 1 heterocycles. The molecule has 1 N–H and O–H groups in total. The van der Waals surface area contributed by atoms with Gasteiger partial charge in [0.2, 0.25) is 5.91 Å². The van der Waals surface area contributed by atoms with Gasteiger partial charge in [-0.15, -0.1) is 11.8 Å². The number of benzene rings is 2. The normalized spacial score (nSPS) is 15.8. The van der Waals surface area contributed by atoms with E-state index in [1.165, 1.54) is 36.0 Å². The van der Waals surface area contributed by atoms with Gasteiger partial charge in [0, 0.05) is 17.0 Å². The number of nitro benzene ring substituents is 1. The molecule has 1 aliphatic heterocycles. The van der Waals surface area contributed by atoms with E-state index >= 15 is 0 Å². The molecular formula is C17H14N2O5S. The van der Waals surface area contributed by atoms with Gasteiger partial charge in [-0.1, -0.05) is 12.1 Å². The van der Waals surface area contributed by atoms with Gasteiger partial charge in [-0.3, -0.25) is 19.7 Å². The van der Waals surface area contributed by atoms with E-state index in [2.05, 4.69) is 5.32 Å². The standard InChI is InChI=1S/C17H14N2O5S/c20-16(24-10-11-5-7-12(8-6-11)19(22)23)9-15-17(21)18-13-3-1-2-4-14(13)25-15/h1-8,15H,9-10H2,(H,18,21). The Labute approximate surface area is 147 Å². The quantitative estimate of drug-likeness (QED) is 0.501. The Morgan fingerprint density at radius 3 is 2.64 bits per heavy atom. The monoisotopic (exact) mass is 358 g/mol. The molecule has 1 aliphatic rings. The van der Waals surface area contributed by atoms with Crippen molar-refractivity contribution >= 4 is 35.0 Å². The summed E-state index contributed by atoms with van der Waals surface area (Å²) < 4.78 is 5.17. The van der Waals surface area contributed by atoms with Crippen LogP contribution in [0.2, 0.25) is 0 Å². The maximum Gasteiger partial charge on any atom is 0.307 e. The highest BCUT2D eigenvalue weighted by Crippen LogP contribution is 2.36. The van der Waals surface area contributed by atoms with Gasteiger partial charge >= 0.3 is 5.97 Å². The summed E-state index contributed by atoms with van der Waals surface area (Å²) in [5, 5.41) is 12.8. The molecular weight excluding hydrogens is 344 g/mol. The summed E-state index contributed by atoms with van der Waals surface area (Å²) in [4.78, 5) is 35.1. The summed E-state index contributed by atoms with van der Waals surface area (Å²) in [5.41, 5.74) is 1.36. The van der Waals surface area contributed by atoms with Crippen LogP contribution in [0.3, 0.4) is 0 Å². The summed E-state index contributed by atoms with van der Waals surface area (Å²) >= 11 is 1.33. The van der Waals surface area contributed by atoms with Gasteiger partial charge in [0.15, 0.2) is 0 Å². The number of fused-ring (bicyclic) bond motifs is 1. The second kappa shape index (κ2) is 7.35. The summed E-state index contributed by atoms with van der Waals surface area (Å²) in [6.45, 7) is 0.00637. The zero-order valence-electron chi connectivity index (χ0n) is 13.0. The van der Waals surface area contributed by atoms with E-state index in [9.17, 15) is 19.7 Å². The molecule has 25 heavy (non-hydrogen) atoms. The lowest BCUT2D eigenvalue weighted by Gasteiger charge is -2.23. The number of hydrogen-bond donors (Lipinski definition) is 1. The maximum absolute atomic E-state index is 12.1. The zero-order chi connectivity index (χ0) is 17.8. The minimum absolute atomic E-state index is 0.00637. The van der Waals surface area contributed by atoms with Crippen LogP contribution in [-0.4, -0.2) is 22.0 Å². The molecule has 128 valence electrons. The van der Waals surface area contributed by atoms with Crippen LogP contribution in [0.15, 0.2) is 53.4 Å². The lowest BCUT2D eigenvalue weighted by atomic mass is 10.2. The van der Waals surface area contributed by atoms with Crippen LogP contribution < -0.4 is 5.32 Å². The van der Waals surface area contributed by atoms with Crippen molar-refractivity contribution in [2.45, 2.75) is 23.2 Å². The number of amides is 1. The molecule has 0 spiro atoms. The third-order valence-corrected chi connectivity index (χ3v) is 4.88. The van der Waals surface area contributed by atoms with Crippen LogP contribution in [0.25, 0.3) is 0 Å². The second-order valence-electron chi connectivity index (χ2n) is 5.38. The molecule has 0 fully saturated rings. The number of ether oxygens (including phenoxy) is 1. The van der Waals surface area contributed by atoms with Crippen LogP contribution in [0.4, 0.5) is 11.4 Å². The second-order valence-corrected chi connectivity index (χ2v) is 6.62. The number of hydrogen-bond acceptors (Lipinski definition) is 6. The van der Waals surface area contributed by atoms with E-state index in [0.29, 0.717) is 5.56 Å². The van der Waals surface area contributed by atoms with E-state index in [0.717, 1.165) is 10.6 Å². The van der Waals surface area contributed by atoms with Crippen molar-refractivity contribution in [3.63, 3.8) is 0 Å². The molecule has 0 saturated carbocycles. The van der Waals surface area contributed by atoms with E-state index in [4.69, 9.17) is 4.74 Å². The third-order valence-electron chi connectivity index (χ3n) is 3.61. The number of anilines is 1. The van der Waals surface area contributed by atoms with Crippen molar-refractivity contribution in [1.82, 2.24) is 0 Å². The highest BCUT2D eigenvalue weighted by Gasteiger charge is 2.29. The average Bonchev–Trinajstić information content (AvgIpc) is 2.61. The predicted octanol–water partition coefficient (Wildman–Crippen LogP) is 3.14. The van der Waals surface area contributed by atoms with Crippen LogP contribution >= 0.6 is 11.8 Å². The fourth-order valence-electron chi connectivity index (χ4n) is 2.32. The van der Waals surface area contributed by atoms with Crippen molar-refractivity contribution in [1.29, 1.82) is 0 Å². The summed E-state index contributed by atoms with van der Waals surface area (Å²) in [6.07, 6.45) is -0.0438. The Hall–Kier alpha value is -2.87. The molecule has 8 heteroatoms. The highest BCUT2D eigenvalue weighted by molar-refractivity contribution is 8.01. The molecule has 0 aromatic heterocycles. The van der Waals surface area contributed by atoms with Gasteiger partial charge in [-0.05, 0) is 29.8 Å². The van der Waals surface area contributed by atoms with Gasteiger partial charge < -0.3 is 10.1 Å². The fraction of sp³-hybridized carbons (Fsp3) is 0.176. The minimum atomic E-state index is -0.542. The fourth-order valence-corrected chi connectivity index (χ4v) is 3.41. The first kappa shape index (κ1) is 17.0. The number of nitrogens with one attached hydrogen (secondary N) is 1. The van der Waals surface area contributed by atoms with Crippen LogP contribution in [-0.2, 0) is 20.9 Å². The highest BCUT2D eigenvalue weighted by atomic mass is 32.2. The van der Waals surface area contributed by atoms with Crippen LogP contribution in [0.5, 0.6) is 0 Å². The van der Waals surface area contributed by atoms with Gasteiger partial charge in [-0.25, -0.2) is 0 Å². The predicted molar refractivity (Wildman–Crippen MR) is 92.2 cm³/mol. The average molecular weight is 358 g/mol. The number of thioether (sulfide) groups is 1. The Morgan fingerprint density at radius 1 is 1.20 bits per heavy atom. The van der Waals surface area contributed by atoms with E-state index < -0.39 is 16.1 Å². The van der Waals surface area contributed by atoms with E-state index in [-0.39, 0.29) is 24.6 Å². The number of carbonyl (C=O) groups excluding carboxylic acids is 2. The van der Waals surface area contributed by atoms with E-state index in [1.54, 1.807) is 0 Å². The first-order valence-corrected chi connectivity index (χ1v) is 8.36. The van der Waals surface area contributed by atoms with Crippen molar-refractivity contribution in [3.8, 4) is 0 Å². The van der Waals surface area contributed by atoms with Crippen molar-refractivity contribution < 1.29 is 19.2 Å². The molecule has 0 radical (unpaired) electrons. The molecule has 2 aromatic rings. The van der Waals surface area contributed by atoms with Gasteiger partial charge in [0.25, 0.3) is 5.69 Å². The minimum Gasteiger partial charge on any atom is -0.461 e. The number of non-ortho nitro benzene ring substituents is 1. The lowest BCUT2D eigenvalue weighted by molar-refractivity contribution is -0.384. The van der Waals surface area contributed by atoms with E-state index in [1.807, 2.05) is 24.3 Å². The Bertz CT molecular complexity index is 822. The van der Waals surface area contributed by atoms with Crippen molar-refractivity contribution in [2.24, 2.45) is 0 Å². The molecule has 7 nitrogen and oxygen atoms in total. The van der Waals surface area contributed by atoms with Crippen LogP contribution in [0, 0.1) is 10.1 Å².